The van der Waals surface area contributed by atoms with Crippen LogP contribution in [0.15, 0.2) is 30.7 Å². The fraction of sp³-hybridized carbons (Fsp3) is 0.545. The number of alkyl halides is 3. The van der Waals surface area contributed by atoms with Gasteiger partial charge in [0, 0.05) is 45.5 Å². The largest absolute Gasteiger partial charge is 0.401 e. The molecule has 2 aromatic heterocycles. The maximum absolute atomic E-state index is 13.3. The first-order chi connectivity index (χ1) is 16.4. The molecule has 3 aliphatic heterocycles. The van der Waals surface area contributed by atoms with Crippen molar-refractivity contribution in [3.05, 3.63) is 30.7 Å². The van der Waals surface area contributed by atoms with Gasteiger partial charge in [-0.3, -0.25) is 15.1 Å². The average Bonchev–Trinajstić information content (AvgIpc) is 3.04. The number of halogens is 3. The number of amides is 2. The fourth-order valence-corrected chi connectivity index (χ4v) is 5.00. The molecule has 182 valence electrons. The lowest BCUT2D eigenvalue weighted by Gasteiger charge is -2.46. The van der Waals surface area contributed by atoms with Crippen molar-refractivity contribution in [1.29, 1.82) is 0 Å². The standard InChI is InChI=1S/C22H27F3N8O/c23-22(24,25)14-30-8-2-10-31(12-11-30)19-5-4-17-20(29-19)33(16-3-1-9-32(17)13-16)21(34)28-18-6-7-26-15-27-18/h4-7,15-16H,1-3,8-14H2,(H,26,27,28,34). The lowest BCUT2D eigenvalue weighted by Crippen LogP contribution is -2.56. The van der Waals surface area contributed by atoms with Gasteiger partial charge in [-0.1, -0.05) is 0 Å². The van der Waals surface area contributed by atoms with E-state index in [4.69, 9.17) is 4.98 Å². The van der Waals surface area contributed by atoms with E-state index >= 15 is 0 Å². The molecule has 2 amide bonds. The molecule has 2 fully saturated rings. The molecule has 2 saturated heterocycles. The lowest BCUT2D eigenvalue weighted by atomic mass is 10.00. The zero-order chi connectivity index (χ0) is 23.7. The third-order valence-corrected chi connectivity index (χ3v) is 6.52. The molecule has 12 heteroatoms. The van der Waals surface area contributed by atoms with E-state index in [2.05, 4.69) is 20.2 Å². The molecule has 0 spiro atoms. The van der Waals surface area contributed by atoms with Crippen molar-refractivity contribution in [2.75, 3.05) is 65.8 Å². The minimum absolute atomic E-state index is 0.0164. The summed E-state index contributed by atoms with van der Waals surface area (Å²) in [4.78, 5) is 33.6. The van der Waals surface area contributed by atoms with Gasteiger partial charge in [-0.05, 0) is 37.5 Å². The fourth-order valence-electron chi connectivity index (χ4n) is 5.00. The van der Waals surface area contributed by atoms with Gasteiger partial charge in [0.15, 0.2) is 5.82 Å². The van der Waals surface area contributed by atoms with Crippen LogP contribution in [0.5, 0.6) is 0 Å². The Morgan fingerprint density at radius 2 is 1.91 bits per heavy atom. The van der Waals surface area contributed by atoms with Crippen molar-refractivity contribution in [3.63, 3.8) is 0 Å². The van der Waals surface area contributed by atoms with Crippen LogP contribution in [0.3, 0.4) is 0 Å². The molecular formula is C22H27F3N8O. The van der Waals surface area contributed by atoms with Crippen LogP contribution in [0.4, 0.5) is 41.1 Å². The number of rotatable bonds is 3. The van der Waals surface area contributed by atoms with Gasteiger partial charge in [-0.2, -0.15) is 13.2 Å². The van der Waals surface area contributed by atoms with Gasteiger partial charge in [-0.15, -0.1) is 0 Å². The number of carbonyl (C=O) groups excluding carboxylic acids is 1. The number of hydrogen-bond acceptors (Lipinski definition) is 7. The molecule has 3 aliphatic rings. The van der Waals surface area contributed by atoms with Gasteiger partial charge >= 0.3 is 12.2 Å². The van der Waals surface area contributed by atoms with E-state index in [9.17, 15) is 18.0 Å². The summed E-state index contributed by atoms with van der Waals surface area (Å²) >= 11 is 0. The summed E-state index contributed by atoms with van der Waals surface area (Å²) < 4.78 is 38.5. The number of piperidine rings is 1. The maximum atomic E-state index is 13.3. The molecular weight excluding hydrogens is 449 g/mol. The quantitative estimate of drug-likeness (QED) is 0.730. The number of fused-ring (bicyclic) bond motifs is 4. The van der Waals surface area contributed by atoms with Crippen molar-refractivity contribution in [3.8, 4) is 0 Å². The second-order valence-corrected chi connectivity index (χ2v) is 8.88. The third kappa shape index (κ3) is 4.86. The highest BCUT2D eigenvalue weighted by molar-refractivity contribution is 6.04. The number of urea groups is 1. The van der Waals surface area contributed by atoms with Crippen LogP contribution in [-0.4, -0.2) is 83.9 Å². The van der Waals surface area contributed by atoms with E-state index in [1.165, 1.54) is 11.2 Å². The number of hydrogen-bond donors (Lipinski definition) is 1. The average molecular weight is 477 g/mol. The summed E-state index contributed by atoms with van der Waals surface area (Å²) in [5, 5.41) is 2.84. The number of nitrogens with zero attached hydrogens (tertiary/aromatic N) is 7. The minimum Gasteiger partial charge on any atom is -0.366 e. The molecule has 34 heavy (non-hydrogen) atoms. The first-order valence-electron chi connectivity index (χ1n) is 11.5. The molecule has 2 aromatic rings. The maximum Gasteiger partial charge on any atom is 0.401 e. The van der Waals surface area contributed by atoms with Crippen molar-refractivity contribution < 1.29 is 18.0 Å². The van der Waals surface area contributed by atoms with Crippen molar-refractivity contribution >= 4 is 29.2 Å². The van der Waals surface area contributed by atoms with Gasteiger partial charge in [0.05, 0.1) is 18.3 Å². The molecule has 9 nitrogen and oxygen atoms in total. The molecule has 5 rings (SSSR count). The Morgan fingerprint density at radius 1 is 1.06 bits per heavy atom. The SMILES string of the molecule is O=C(Nc1ccncn1)N1c2nc(N3CCCN(CC(F)(F)F)CC3)ccc2N2CCCC1C2. The molecule has 1 atom stereocenters. The molecule has 0 radical (unpaired) electrons. The molecule has 1 unspecified atom stereocenters. The highest BCUT2D eigenvalue weighted by atomic mass is 19.4. The van der Waals surface area contributed by atoms with Crippen molar-refractivity contribution in [2.45, 2.75) is 31.5 Å². The summed E-state index contributed by atoms with van der Waals surface area (Å²) in [5.41, 5.74) is 0.894. The van der Waals surface area contributed by atoms with Gasteiger partial charge in [0.25, 0.3) is 0 Å². The lowest BCUT2D eigenvalue weighted by molar-refractivity contribution is -0.145. The normalized spacial score (nSPS) is 21.1. The molecule has 0 aliphatic carbocycles. The van der Waals surface area contributed by atoms with Crippen LogP contribution >= 0.6 is 0 Å². The van der Waals surface area contributed by atoms with Crippen LogP contribution in [0.1, 0.15) is 19.3 Å². The predicted molar refractivity (Wildman–Crippen MR) is 122 cm³/mol. The van der Waals surface area contributed by atoms with Crippen LogP contribution in [0.2, 0.25) is 0 Å². The Bertz CT molecular complexity index is 1020. The predicted octanol–water partition coefficient (Wildman–Crippen LogP) is 2.97. The van der Waals surface area contributed by atoms with Gasteiger partial charge in [0.2, 0.25) is 0 Å². The van der Waals surface area contributed by atoms with E-state index in [1.807, 2.05) is 17.0 Å². The Kier molecular flexibility index (Phi) is 6.15. The van der Waals surface area contributed by atoms with E-state index in [1.54, 1.807) is 17.2 Å². The number of carbonyl (C=O) groups is 1. The molecule has 0 saturated carbocycles. The molecule has 0 aromatic carbocycles. The summed E-state index contributed by atoms with van der Waals surface area (Å²) in [6.07, 6.45) is 1.19. The van der Waals surface area contributed by atoms with Crippen molar-refractivity contribution in [2.24, 2.45) is 0 Å². The highest BCUT2D eigenvalue weighted by Crippen LogP contribution is 2.39. The van der Waals surface area contributed by atoms with Crippen LogP contribution in [0.25, 0.3) is 0 Å². The Morgan fingerprint density at radius 3 is 2.71 bits per heavy atom. The monoisotopic (exact) mass is 476 g/mol. The van der Waals surface area contributed by atoms with E-state index in [0.29, 0.717) is 50.1 Å². The van der Waals surface area contributed by atoms with E-state index in [-0.39, 0.29) is 12.1 Å². The zero-order valence-electron chi connectivity index (χ0n) is 18.7. The summed E-state index contributed by atoms with van der Waals surface area (Å²) in [6, 6.07) is 5.19. The summed E-state index contributed by atoms with van der Waals surface area (Å²) in [7, 11) is 0. The molecule has 5 heterocycles. The Balaban J connectivity index is 1.40. The topological polar surface area (TPSA) is 80.7 Å². The van der Waals surface area contributed by atoms with Crippen LogP contribution in [-0.2, 0) is 0 Å². The van der Waals surface area contributed by atoms with Gasteiger partial charge < -0.3 is 9.80 Å². The summed E-state index contributed by atoms with van der Waals surface area (Å²) in [6.45, 7) is 2.51. The molecule has 1 N–H and O–H groups in total. The zero-order valence-corrected chi connectivity index (χ0v) is 18.7. The van der Waals surface area contributed by atoms with E-state index < -0.39 is 12.7 Å². The van der Waals surface area contributed by atoms with Crippen LogP contribution in [0, 0.1) is 0 Å². The second-order valence-electron chi connectivity index (χ2n) is 8.88. The highest BCUT2D eigenvalue weighted by Gasteiger charge is 2.39. The molecule has 2 bridgehead atoms. The second kappa shape index (κ2) is 9.24. The third-order valence-electron chi connectivity index (χ3n) is 6.52. The number of aromatic nitrogens is 3. The minimum atomic E-state index is -4.21. The first kappa shape index (κ1) is 22.6. The Hall–Kier alpha value is -3.15. The summed E-state index contributed by atoms with van der Waals surface area (Å²) in [5.74, 6) is 1.67. The van der Waals surface area contributed by atoms with E-state index in [0.717, 1.165) is 31.6 Å². The van der Waals surface area contributed by atoms with Gasteiger partial charge in [-0.25, -0.2) is 19.7 Å². The number of pyridine rings is 1. The smallest absolute Gasteiger partial charge is 0.366 e. The van der Waals surface area contributed by atoms with Crippen molar-refractivity contribution in [1.82, 2.24) is 19.9 Å². The first-order valence-corrected chi connectivity index (χ1v) is 11.5. The van der Waals surface area contributed by atoms with Gasteiger partial charge in [0.1, 0.15) is 18.0 Å². The Labute approximate surface area is 195 Å². The number of anilines is 4. The number of nitrogens with one attached hydrogen (secondary N) is 1. The van der Waals surface area contributed by atoms with Crippen LogP contribution < -0.4 is 20.0 Å².